The number of hydrogen-bond donors (Lipinski definition) is 2. The molecule has 0 aromatic heterocycles. The minimum atomic E-state index is 0.242. The van der Waals surface area contributed by atoms with Crippen molar-refractivity contribution in [1.29, 1.82) is 0 Å². The monoisotopic (exact) mass is 177 g/mol. The fourth-order valence-electron chi connectivity index (χ4n) is 0.624. The van der Waals surface area contributed by atoms with Crippen LogP contribution in [-0.2, 0) is 0 Å². The van der Waals surface area contributed by atoms with Crippen LogP contribution < -0.4 is 5.32 Å². The normalized spacial score (nSPS) is 14.1. The molecule has 0 saturated heterocycles. The van der Waals surface area contributed by atoms with Gasteiger partial charge in [0.15, 0.2) is 0 Å². The predicted octanol–water partition coefficient (Wildman–Crippen LogP) is 0.999. The summed E-state index contributed by atoms with van der Waals surface area (Å²) in [5.41, 5.74) is 0. The maximum atomic E-state index is 8.66. The first kappa shape index (κ1) is 11.0. The van der Waals surface area contributed by atoms with E-state index >= 15 is 0 Å². The van der Waals surface area contributed by atoms with E-state index in [1.807, 2.05) is 19.1 Å². The fraction of sp³-hybridized carbons (Fsp3) is 0.750. The van der Waals surface area contributed by atoms with E-state index in [1.165, 1.54) is 0 Å². The molecule has 1 unspecified atom stereocenters. The molecule has 0 saturated carbocycles. The molecule has 0 bridgehead atoms. The van der Waals surface area contributed by atoms with Gasteiger partial charge in [0.05, 0.1) is 0 Å². The summed E-state index contributed by atoms with van der Waals surface area (Å²) in [4.78, 5) is 0. The van der Waals surface area contributed by atoms with Gasteiger partial charge in [0, 0.05) is 25.6 Å². The third-order valence-electron chi connectivity index (χ3n) is 1.32. The Morgan fingerprint density at radius 1 is 1.55 bits per heavy atom. The van der Waals surface area contributed by atoms with Crippen molar-refractivity contribution in [3.63, 3.8) is 0 Å². The number of nitrogens with one attached hydrogen (secondary N) is 1. The minimum Gasteiger partial charge on any atom is -0.396 e. The first-order valence-electron chi connectivity index (χ1n) is 3.83. The van der Waals surface area contributed by atoms with Crippen molar-refractivity contribution >= 4 is 11.6 Å². The molecule has 3 heteroatoms. The lowest BCUT2D eigenvalue weighted by Crippen LogP contribution is -2.23. The zero-order chi connectivity index (χ0) is 8.53. The van der Waals surface area contributed by atoms with Crippen LogP contribution in [-0.4, -0.2) is 30.7 Å². The van der Waals surface area contributed by atoms with Crippen LogP contribution in [0.4, 0.5) is 0 Å². The maximum absolute atomic E-state index is 8.66. The molecule has 0 aliphatic heterocycles. The fourth-order valence-corrected chi connectivity index (χ4v) is 0.750. The second kappa shape index (κ2) is 8.05. The van der Waals surface area contributed by atoms with Crippen LogP contribution in [0.1, 0.15) is 6.92 Å². The zero-order valence-corrected chi connectivity index (χ0v) is 7.64. The van der Waals surface area contributed by atoms with E-state index in [0.29, 0.717) is 11.8 Å². The highest BCUT2D eigenvalue weighted by atomic mass is 35.5. The third-order valence-corrected chi connectivity index (χ3v) is 1.50. The van der Waals surface area contributed by atoms with Crippen molar-refractivity contribution < 1.29 is 5.11 Å². The first-order chi connectivity index (χ1) is 5.31. The number of alkyl halides is 1. The van der Waals surface area contributed by atoms with Crippen LogP contribution in [0.2, 0.25) is 0 Å². The van der Waals surface area contributed by atoms with Gasteiger partial charge in [-0.1, -0.05) is 19.1 Å². The van der Waals surface area contributed by atoms with E-state index in [0.717, 1.165) is 13.1 Å². The molecular weight excluding hydrogens is 162 g/mol. The van der Waals surface area contributed by atoms with Crippen molar-refractivity contribution in [2.24, 2.45) is 5.92 Å². The Hall–Kier alpha value is -0.0500. The standard InChI is InChI=1S/C8H16ClNO/c1-8(7-11)6-10-5-3-2-4-9/h2-3,8,10-11H,4-7H2,1H3/b3-2+. The van der Waals surface area contributed by atoms with Gasteiger partial charge in [-0.15, -0.1) is 11.6 Å². The third kappa shape index (κ3) is 7.85. The van der Waals surface area contributed by atoms with Gasteiger partial charge in [0.1, 0.15) is 0 Å². The molecule has 0 rings (SSSR count). The topological polar surface area (TPSA) is 32.3 Å². The molecule has 66 valence electrons. The Labute approximate surface area is 73.3 Å². The summed E-state index contributed by atoms with van der Waals surface area (Å²) in [6, 6.07) is 0. The molecule has 0 radical (unpaired) electrons. The van der Waals surface area contributed by atoms with E-state index in [1.54, 1.807) is 0 Å². The second-order valence-electron chi connectivity index (χ2n) is 2.57. The molecule has 0 fully saturated rings. The van der Waals surface area contributed by atoms with E-state index in [-0.39, 0.29) is 6.61 Å². The molecule has 2 nitrogen and oxygen atoms in total. The molecule has 0 spiro atoms. The van der Waals surface area contributed by atoms with E-state index < -0.39 is 0 Å². The molecule has 0 aromatic carbocycles. The van der Waals surface area contributed by atoms with Gasteiger partial charge >= 0.3 is 0 Å². The summed E-state index contributed by atoms with van der Waals surface area (Å²) < 4.78 is 0. The number of allylic oxidation sites excluding steroid dienone is 1. The van der Waals surface area contributed by atoms with Gasteiger partial charge in [-0.2, -0.15) is 0 Å². The molecule has 11 heavy (non-hydrogen) atoms. The maximum Gasteiger partial charge on any atom is 0.0468 e. The van der Waals surface area contributed by atoms with Crippen molar-refractivity contribution in [3.05, 3.63) is 12.2 Å². The van der Waals surface area contributed by atoms with Crippen LogP contribution >= 0.6 is 11.6 Å². The number of hydrogen-bond acceptors (Lipinski definition) is 2. The lowest BCUT2D eigenvalue weighted by atomic mass is 10.2. The first-order valence-corrected chi connectivity index (χ1v) is 4.37. The minimum absolute atomic E-state index is 0.242. The smallest absolute Gasteiger partial charge is 0.0468 e. The molecule has 0 amide bonds. The average Bonchev–Trinajstić information content (AvgIpc) is 2.04. The van der Waals surface area contributed by atoms with Crippen LogP contribution in [0.3, 0.4) is 0 Å². The van der Waals surface area contributed by atoms with Gasteiger partial charge in [-0.25, -0.2) is 0 Å². The van der Waals surface area contributed by atoms with E-state index in [9.17, 15) is 0 Å². The summed E-state index contributed by atoms with van der Waals surface area (Å²) in [5.74, 6) is 0.899. The Kier molecular flexibility index (Phi) is 8.01. The van der Waals surface area contributed by atoms with Crippen molar-refractivity contribution in [2.75, 3.05) is 25.6 Å². The van der Waals surface area contributed by atoms with E-state index in [2.05, 4.69) is 5.32 Å². The Morgan fingerprint density at radius 3 is 2.82 bits per heavy atom. The van der Waals surface area contributed by atoms with Crippen molar-refractivity contribution in [2.45, 2.75) is 6.92 Å². The number of aliphatic hydroxyl groups is 1. The van der Waals surface area contributed by atoms with Crippen LogP contribution in [0.25, 0.3) is 0 Å². The average molecular weight is 178 g/mol. The predicted molar refractivity (Wildman–Crippen MR) is 49.0 cm³/mol. The quantitative estimate of drug-likeness (QED) is 0.361. The van der Waals surface area contributed by atoms with Crippen molar-refractivity contribution in [3.8, 4) is 0 Å². The molecule has 0 aromatic rings. The number of aliphatic hydroxyl groups excluding tert-OH is 1. The number of halogens is 1. The SMILES string of the molecule is CC(CO)CNC/C=C/CCl. The Morgan fingerprint density at radius 2 is 2.27 bits per heavy atom. The molecule has 2 N–H and O–H groups in total. The van der Waals surface area contributed by atoms with E-state index in [4.69, 9.17) is 16.7 Å². The van der Waals surface area contributed by atoms with Crippen LogP contribution in [0.5, 0.6) is 0 Å². The van der Waals surface area contributed by atoms with Gasteiger partial charge in [0.2, 0.25) is 0 Å². The number of rotatable bonds is 6. The highest BCUT2D eigenvalue weighted by molar-refractivity contribution is 6.18. The molecular formula is C8H16ClNO. The van der Waals surface area contributed by atoms with Crippen molar-refractivity contribution in [1.82, 2.24) is 5.32 Å². The molecule has 1 atom stereocenters. The molecule has 0 aliphatic carbocycles. The van der Waals surface area contributed by atoms with Gasteiger partial charge < -0.3 is 10.4 Å². The Balaban J connectivity index is 3.07. The summed E-state index contributed by atoms with van der Waals surface area (Å²) in [5, 5.41) is 11.8. The lowest BCUT2D eigenvalue weighted by Gasteiger charge is -2.06. The van der Waals surface area contributed by atoms with Crippen LogP contribution in [0, 0.1) is 5.92 Å². The second-order valence-corrected chi connectivity index (χ2v) is 2.88. The van der Waals surface area contributed by atoms with Crippen LogP contribution in [0.15, 0.2) is 12.2 Å². The summed E-state index contributed by atoms with van der Waals surface area (Å²) in [6.07, 6.45) is 3.88. The lowest BCUT2D eigenvalue weighted by molar-refractivity contribution is 0.235. The van der Waals surface area contributed by atoms with Gasteiger partial charge in [-0.3, -0.25) is 0 Å². The Bertz CT molecular complexity index is 106. The highest BCUT2D eigenvalue weighted by Gasteiger charge is 1.95. The zero-order valence-electron chi connectivity index (χ0n) is 6.89. The van der Waals surface area contributed by atoms with Gasteiger partial charge in [-0.05, 0) is 5.92 Å². The largest absolute Gasteiger partial charge is 0.396 e. The highest BCUT2D eigenvalue weighted by Crippen LogP contribution is 1.87. The molecule has 0 heterocycles. The van der Waals surface area contributed by atoms with Gasteiger partial charge in [0.25, 0.3) is 0 Å². The summed E-state index contributed by atoms with van der Waals surface area (Å²) >= 11 is 5.42. The molecule has 0 aliphatic rings. The summed E-state index contributed by atoms with van der Waals surface area (Å²) in [7, 11) is 0. The summed E-state index contributed by atoms with van der Waals surface area (Å²) in [6.45, 7) is 3.92.